The van der Waals surface area contributed by atoms with E-state index in [2.05, 4.69) is 37.0 Å². The maximum absolute atomic E-state index is 10.1. The normalized spacial score (nSPS) is 25.3. The molecule has 3 atom stereocenters. The zero-order valence-electron chi connectivity index (χ0n) is 17.6. The van der Waals surface area contributed by atoms with E-state index in [9.17, 15) is 15.8 Å². The lowest BCUT2D eigenvalue weighted by Crippen LogP contribution is -2.53. The first-order valence-electron chi connectivity index (χ1n) is 9.86. The van der Waals surface area contributed by atoms with Crippen LogP contribution in [-0.4, -0.2) is 44.0 Å². The predicted octanol–water partition coefficient (Wildman–Crippen LogP) is 3.26. The van der Waals surface area contributed by atoms with E-state index in [1.54, 1.807) is 20.3 Å². The van der Waals surface area contributed by atoms with E-state index in [0.29, 0.717) is 30.2 Å². The van der Waals surface area contributed by atoms with Gasteiger partial charge in [-0.25, -0.2) is 0 Å². The van der Waals surface area contributed by atoms with Crippen LogP contribution in [0.4, 0.5) is 0 Å². The van der Waals surface area contributed by atoms with Gasteiger partial charge >= 0.3 is 0 Å². The quantitative estimate of drug-likeness (QED) is 0.771. The summed E-state index contributed by atoms with van der Waals surface area (Å²) < 4.78 is 11.1. The average Bonchev–Trinajstić information content (AvgIpc) is 2.77. The fourth-order valence-corrected chi connectivity index (χ4v) is 4.74. The molecule has 154 valence electrons. The van der Waals surface area contributed by atoms with Crippen LogP contribution < -0.4 is 9.47 Å². The molecular formula is C23H25N5O2. The van der Waals surface area contributed by atoms with Gasteiger partial charge in [-0.2, -0.15) is 15.8 Å². The molecule has 7 heteroatoms. The number of ether oxygens (including phenoxy) is 2. The van der Waals surface area contributed by atoms with Gasteiger partial charge in [-0.05, 0) is 25.5 Å². The molecule has 1 fully saturated rings. The lowest BCUT2D eigenvalue weighted by molar-refractivity contribution is 0.174. The number of nitriles is 3. The highest BCUT2D eigenvalue weighted by Gasteiger charge is 2.57. The van der Waals surface area contributed by atoms with Crippen LogP contribution in [-0.2, 0) is 0 Å². The highest BCUT2D eigenvalue weighted by Crippen LogP contribution is 2.54. The van der Waals surface area contributed by atoms with Crippen molar-refractivity contribution in [3.8, 4) is 29.7 Å². The van der Waals surface area contributed by atoms with Gasteiger partial charge in [0.15, 0.2) is 11.5 Å². The minimum absolute atomic E-state index is 0.162. The number of nitrogens with one attached hydrogen (secondary N) is 1. The van der Waals surface area contributed by atoms with Gasteiger partial charge in [-0.1, -0.05) is 18.2 Å². The van der Waals surface area contributed by atoms with Crippen molar-refractivity contribution in [2.75, 3.05) is 27.3 Å². The molecule has 1 aliphatic heterocycles. The van der Waals surface area contributed by atoms with Crippen LogP contribution in [0.5, 0.6) is 11.5 Å². The number of benzene rings is 1. The molecule has 0 spiro atoms. The third kappa shape index (κ3) is 3.02. The SMILES string of the molecule is COc1cccc([C@@H]2[C@@H](C#N)C(=N)C(C#N)(C#N)C3=CCN(C(C)C)C[C@@H]32)c1OC. The zero-order chi connectivity index (χ0) is 22.1. The highest BCUT2D eigenvalue weighted by molar-refractivity contribution is 6.01. The molecule has 1 saturated carbocycles. The number of hydrogen-bond donors (Lipinski definition) is 1. The Labute approximate surface area is 177 Å². The summed E-state index contributed by atoms with van der Waals surface area (Å²) in [5, 5.41) is 38.7. The average molecular weight is 403 g/mol. The fraction of sp³-hybridized carbons (Fsp3) is 0.478. The lowest BCUT2D eigenvalue weighted by Gasteiger charge is -2.48. The zero-order valence-corrected chi connectivity index (χ0v) is 17.6. The maximum atomic E-state index is 10.1. The van der Waals surface area contributed by atoms with Gasteiger partial charge < -0.3 is 14.9 Å². The fourth-order valence-electron chi connectivity index (χ4n) is 4.74. The second-order valence-corrected chi connectivity index (χ2v) is 7.92. The molecule has 30 heavy (non-hydrogen) atoms. The number of nitrogens with zero attached hydrogens (tertiary/aromatic N) is 4. The summed E-state index contributed by atoms with van der Waals surface area (Å²) in [6, 6.07) is 12.1. The Kier molecular flexibility index (Phi) is 5.83. The molecule has 1 aliphatic carbocycles. The summed E-state index contributed by atoms with van der Waals surface area (Å²) >= 11 is 0. The predicted molar refractivity (Wildman–Crippen MR) is 111 cm³/mol. The van der Waals surface area contributed by atoms with Crippen molar-refractivity contribution in [3.63, 3.8) is 0 Å². The van der Waals surface area contributed by atoms with Crippen LogP contribution in [0, 0.1) is 56.7 Å². The monoisotopic (exact) mass is 403 g/mol. The first-order chi connectivity index (χ1) is 14.4. The van der Waals surface area contributed by atoms with Gasteiger partial charge in [0.1, 0.15) is 0 Å². The Balaban J connectivity index is 2.28. The third-order valence-electron chi connectivity index (χ3n) is 6.31. The second-order valence-electron chi connectivity index (χ2n) is 7.92. The molecule has 1 N–H and O–H groups in total. The van der Waals surface area contributed by atoms with Crippen LogP contribution >= 0.6 is 0 Å². The van der Waals surface area contributed by atoms with Crippen LogP contribution in [0.1, 0.15) is 25.3 Å². The number of para-hydroxylation sites is 1. The molecule has 0 unspecified atom stereocenters. The Morgan fingerprint density at radius 3 is 2.40 bits per heavy atom. The summed E-state index contributed by atoms with van der Waals surface area (Å²) in [7, 11) is 3.10. The summed E-state index contributed by atoms with van der Waals surface area (Å²) in [5.41, 5.74) is -0.503. The molecule has 0 aromatic heterocycles. The summed E-state index contributed by atoms with van der Waals surface area (Å²) in [6.07, 6.45) is 1.91. The number of methoxy groups -OCH3 is 2. The molecule has 2 aliphatic rings. The molecule has 0 amide bonds. The van der Waals surface area contributed by atoms with Gasteiger partial charge in [0, 0.05) is 36.5 Å². The minimum atomic E-state index is -1.71. The van der Waals surface area contributed by atoms with Gasteiger partial charge in [-0.15, -0.1) is 0 Å². The minimum Gasteiger partial charge on any atom is -0.493 e. The largest absolute Gasteiger partial charge is 0.493 e. The molecule has 1 aromatic carbocycles. The van der Waals surface area contributed by atoms with Gasteiger partial charge in [0.2, 0.25) is 5.41 Å². The summed E-state index contributed by atoms with van der Waals surface area (Å²) in [6.45, 7) is 5.37. The third-order valence-corrected chi connectivity index (χ3v) is 6.31. The van der Waals surface area contributed by atoms with Gasteiger partial charge in [-0.3, -0.25) is 4.90 Å². The highest BCUT2D eigenvalue weighted by atomic mass is 16.5. The molecule has 7 nitrogen and oxygen atoms in total. The summed E-state index contributed by atoms with van der Waals surface area (Å²) in [4.78, 5) is 2.25. The first-order valence-corrected chi connectivity index (χ1v) is 9.86. The lowest BCUT2D eigenvalue weighted by atomic mass is 9.55. The Morgan fingerprint density at radius 1 is 1.17 bits per heavy atom. The standard InChI is InChI=1S/C23H25N5O2/c1-14(2)28-9-8-18-17(11-28)20(15-6-5-7-19(29-3)21(15)30-4)16(10-24)22(27)23(18,12-25)13-26/h5-8,14,16-17,20,27H,9,11H2,1-4H3/t16-,17+,20-/m1/s1. The molecule has 3 rings (SSSR count). The van der Waals surface area contributed by atoms with E-state index in [1.165, 1.54) is 0 Å². The number of rotatable bonds is 4. The van der Waals surface area contributed by atoms with Crippen LogP contribution in [0.2, 0.25) is 0 Å². The maximum Gasteiger partial charge on any atom is 0.203 e. The van der Waals surface area contributed by atoms with Crippen LogP contribution in [0.3, 0.4) is 0 Å². The van der Waals surface area contributed by atoms with Crippen molar-refractivity contribution in [1.29, 1.82) is 21.2 Å². The Hall–Kier alpha value is -3.34. The smallest absolute Gasteiger partial charge is 0.203 e. The Morgan fingerprint density at radius 2 is 1.87 bits per heavy atom. The first kappa shape index (κ1) is 21.4. The van der Waals surface area contributed by atoms with Crippen molar-refractivity contribution in [1.82, 2.24) is 4.90 Å². The van der Waals surface area contributed by atoms with E-state index < -0.39 is 17.3 Å². The topological polar surface area (TPSA) is 117 Å². The van der Waals surface area contributed by atoms with Gasteiger partial charge in [0.25, 0.3) is 0 Å². The molecule has 0 radical (unpaired) electrons. The molecule has 0 saturated heterocycles. The number of hydrogen-bond acceptors (Lipinski definition) is 7. The van der Waals surface area contributed by atoms with E-state index in [1.807, 2.05) is 18.2 Å². The number of fused-ring (bicyclic) bond motifs is 1. The van der Waals surface area contributed by atoms with Crippen molar-refractivity contribution >= 4 is 5.71 Å². The van der Waals surface area contributed by atoms with E-state index >= 15 is 0 Å². The molecule has 1 aromatic rings. The van der Waals surface area contributed by atoms with Crippen LogP contribution in [0.15, 0.2) is 29.8 Å². The molecule has 0 bridgehead atoms. The van der Waals surface area contributed by atoms with E-state index in [4.69, 9.17) is 14.9 Å². The van der Waals surface area contributed by atoms with Crippen molar-refractivity contribution in [2.45, 2.75) is 25.8 Å². The molecule has 1 heterocycles. The van der Waals surface area contributed by atoms with Gasteiger partial charge in [0.05, 0.1) is 44.1 Å². The second kappa shape index (κ2) is 8.19. The summed E-state index contributed by atoms with van der Waals surface area (Å²) in [5.74, 6) is -0.590. The Bertz CT molecular complexity index is 994. The van der Waals surface area contributed by atoms with E-state index in [0.717, 1.165) is 5.56 Å². The van der Waals surface area contributed by atoms with Crippen molar-refractivity contribution in [2.24, 2.45) is 17.3 Å². The molecular weight excluding hydrogens is 378 g/mol. The van der Waals surface area contributed by atoms with Crippen molar-refractivity contribution < 1.29 is 9.47 Å². The van der Waals surface area contributed by atoms with Crippen molar-refractivity contribution in [3.05, 3.63) is 35.4 Å². The van der Waals surface area contributed by atoms with E-state index in [-0.39, 0.29) is 17.7 Å². The van der Waals surface area contributed by atoms with Crippen LogP contribution in [0.25, 0.3) is 0 Å².